The summed E-state index contributed by atoms with van der Waals surface area (Å²) < 4.78 is 0. The molecule has 32 heavy (non-hydrogen) atoms. The van der Waals surface area contributed by atoms with Crippen LogP contribution in [0.2, 0.25) is 0 Å². The Morgan fingerprint density at radius 3 is 2.38 bits per heavy atom. The molecule has 1 aromatic rings. The molecule has 3 nitrogen and oxygen atoms in total. The molecule has 2 fully saturated rings. The summed E-state index contributed by atoms with van der Waals surface area (Å²) in [5.41, 5.74) is 2.70. The second kappa shape index (κ2) is 10.7. The summed E-state index contributed by atoms with van der Waals surface area (Å²) in [6.07, 6.45) is 17.7. The fraction of sp³-hybridized carbons (Fsp3) is 0.759. The molecule has 3 heteroatoms. The van der Waals surface area contributed by atoms with Crippen molar-refractivity contribution in [1.82, 2.24) is 0 Å². The predicted octanol–water partition coefficient (Wildman–Crippen LogP) is 6.94. The summed E-state index contributed by atoms with van der Waals surface area (Å²) in [5.74, 6) is 3.05. The van der Waals surface area contributed by atoms with Crippen LogP contribution in [0, 0.1) is 23.2 Å². The van der Waals surface area contributed by atoms with Gasteiger partial charge in [-0.1, -0.05) is 64.4 Å². The first-order chi connectivity index (χ1) is 15.5. The van der Waals surface area contributed by atoms with Crippen LogP contribution >= 0.6 is 0 Å². The normalized spacial score (nSPS) is 31.2. The minimum Gasteiger partial charge on any atom is -0.508 e. The van der Waals surface area contributed by atoms with Gasteiger partial charge >= 0.3 is 0 Å². The number of unbranched alkanes of at least 4 members (excludes halogenated alkanes) is 8. The molecule has 0 radical (unpaired) electrons. The smallest absolute Gasteiger partial charge is 0.142 e. The molecule has 0 bridgehead atoms. The zero-order valence-electron chi connectivity index (χ0n) is 20.2. The summed E-state index contributed by atoms with van der Waals surface area (Å²) >= 11 is 0. The highest BCUT2D eigenvalue weighted by molar-refractivity contribution is 5.89. The molecule has 1 unspecified atom stereocenters. The molecule has 2 N–H and O–H groups in total. The number of carbonyl (C=O) groups excluding carboxylic acids is 1. The second-order valence-corrected chi connectivity index (χ2v) is 11.2. The van der Waals surface area contributed by atoms with E-state index >= 15 is 0 Å². The first-order valence-electron chi connectivity index (χ1n) is 13.5. The minimum absolute atomic E-state index is 0.0885. The van der Waals surface area contributed by atoms with Gasteiger partial charge in [0.25, 0.3) is 0 Å². The van der Waals surface area contributed by atoms with Crippen molar-refractivity contribution in [1.29, 1.82) is 0 Å². The van der Waals surface area contributed by atoms with E-state index in [1.165, 1.54) is 62.5 Å². The second-order valence-electron chi connectivity index (χ2n) is 11.2. The highest BCUT2D eigenvalue weighted by Gasteiger charge is 2.57. The lowest BCUT2D eigenvalue weighted by Crippen LogP contribution is -2.42. The van der Waals surface area contributed by atoms with Gasteiger partial charge in [0.1, 0.15) is 11.5 Å². The quantitative estimate of drug-likeness (QED) is 0.367. The maximum Gasteiger partial charge on any atom is 0.142 e. The molecule has 0 aromatic heterocycles. The van der Waals surface area contributed by atoms with Crippen LogP contribution in [0.15, 0.2) is 18.2 Å². The Morgan fingerprint density at radius 1 is 0.969 bits per heavy atom. The monoisotopic (exact) mass is 440 g/mol. The van der Waals surface area contributed by atoms with E-state index in [0.29, 0.717) is 41.8 Å². The van der Waals surface area contributed by atoms with Crippen LogP contribution in [-0.2, 0) is 11.2 Å². The van der Waals surface area contributed by atoms with Crippen molar-refractivity contribution in [2.45, 2.75) is 109 Å². The van der Waals surface area contributed by atoms with E-state index in [2.05, 4.69) is 13.0 Å². The summed E-state index contributed by atoms with van der Waals surface area (Å²) in [4.78, 5) is 13.5. The molecule has 0 heterocycles. The summed E-state index contributed by atoms with van der Waals surface area (Å²) in [5, 5.41) is 18.7. The van der Waals surface area contributed by atoms with Gasteiger partial charge in [-0.2, -0.15) is 0 Å². The Bertz CT molecular complexity index is 772. The number of Topliss-reactive ketones (excluding diaryl/α,β-unsaturated/α-hetero) is 1. The van der Waals surface area contributed by atoms with Gasteiger partial charge < -0.3 is 10.2 Å². The number of aryl methyl sites for hydroxylation is 1. The third kappa shape index (κ3) is 4.93. The van der Waals surface area contributed by atoms with Crippen molar-refractivity contribution in [3.05, 3.63) is 29.3 Å². The number of carbonyl (C=O) groups is 1. The number of aliphatic hydroxyl groups is 1. The van der Waals surface area contributed by atoms with Crippen LogP contribution in [0.3, 0.4) is 0 Å². The third-order valence-corrected chi connectivity index (χ3v) is 9.28. The number of hydrogen-bond acceptors (Lipinski definition) is 3. The van der Waals surface area contributed by atoms with Gasteiger partial charge in [0.2, 0.25) is 0 Å². The van der Waals surface area contributed by atoms with Gasteiger partial charge in [-0.3, -0.25) is 4.79 Å². The maximum absolute atomic E-state index is 13.5. The largest absolute Gasteiger partial charge is 0.508 e. The van der Waals surface area contributed by atoms with Crippen molar-refractivity contribution >= 4 is 5.78 Å². The van der Waals surface area contributed by atoms with E-state index in [9.17, 15) is 9.90 Å². The first kappa shape index (κ1) is 23.8. The third-order valence-electron chi connectivity index (χ3n) is 9.28. The lowest BCUT2D eigenvalue weighted by atomic mass is 9.55. The van der Waals surface area contributed by atoms with Gasteiger partial charge in [-0.25, -0.2) is 0 Å². The molecule has 3 aliphatic carbocycles. The zero-order valence-corrected chi connectivity index (χ0v) is 20.2. The summed E-state index contributed by atoms with van der Waals surface area (Å²) in [6.45, 7) is 2.62. The van der Waals surface area contributed by atoms with Crippen molar-refractivity contribution in [3.8, 4) is 5.75 Å². The Labute approximate surface area is 195 Å². The molecule has 0 amide bonds. The topological polar surface area (TPSA) is 57.5 Å². The number of hydrogen-bond donors (Lipinski definition) is 2. The zero-order chi connectivity index (χ0) is 22.6. The predicted molar refractivity (Wildman–Crippen MR) is 130 cm³/mol. The number of benzene rings is 1. The first-order valence-corrected chi connectivity index (χ1v) is 13.5. The molecule has 4 rings (SSSR count). The fourth-order valence-corrected chi connectivity index (χ4v) is 7.50. The standard InChI is InChI=1S/C29H44O3/c1-29-17-16-25-24-15-13-23(31)19-21(24)12-14-26(25)27(29)20-22(28(29)32)11-9-7-5-3-2-4-6-8-10-18-30/h13,15,19,22,25-27,30-31H,2-12,14,16-18,20H2,1H3/t22?,25-,26-,27+,29+/m1/s1. The summed E-state index contributed by atoms with van der Waals surface area (Å²) in [6, 6.07) is 5.98. The highest BCUT2D eigenvalue weighted by atomic mass is 16.3. The van der Waals surface area contributed by atoms with E-state index in [1.807, 2.05) is 12.1 Å². The van der Waals surface area contributed by atoms with E-state index in [1.54, 1.807) is 0 Å². The Hall–Kier alpha value is -1.35. The van der Waals surface area contributed by atoms with Crippen LogP contribution in [-0.4, -0.2) is 22.6 Å². The van der Waals surface area contributed by atoms with Crippen LogP contribution in [0.1, 0.15) is 114 Å². The number of rotatable bonds is 11. The molecule has 5 atom stereocenters. The number of phenols is 1. The van der Waals surface area contributed by atoms with E-state index in [4.69, 9.17) is 5.11 Å². The number of aliphatic hydroxyl groups excluding tert-OH is 1. The fourth-order valence-electron chi connectivity index (χ4n) is 7.50. The summed E-state index contributed by atoms with van der Waals surface area (Å²) in [7, 11) is 0. The van der Waals surface area contributed by atoms with E-state index < -0.39 is 0 Å². The molecule has 2 saturated carbocycles. The average molecular weight is 441 g/mol. The lowest BCUT2D eigenvalue weighted by Gasteiger charge is -2.48. The molecule has 1 aromatic carbocycles. The van der Waals surface area contributed by atoms with Gasteiger partial charge in [-0.05, 0) is 86.0 Å². The number of aromatic hydroxyl groups is 1. The highest BCUT2D eigenvalue weighted by Crippen LogP contribution is 2.61. The van der Waals surface area contributed by atoms with Crippen LogP contribution in [0.25, 0.3) is 0 Å². The molecule has 0 saturated heterocycles. The van der Waals surface area contributed by atoms with Gasteiger partial charge in [0.15, 0.2) is 0 Å². The Morgan fingerprint density at radius 2 is 1.66 bits per heavy atom. The Kier molecular flexibility index (Phi) is 7.97. The van der Waals surface area contributed by atoms with Crippen LogP contribution < -0.4 is 0 Å². The van der Waals surface area contributed by atoms with Gasteiger partial charge in [0, 0.05) is 17.9 Å². The van der Waals surface area contributed by atoms with Crippen molar-refractivity contribution in [3.63, 3.8) is 0 Å². The number of phenolic OH excluding ortho intramolecular Hbond substituents is 1. The van der Waals surface area contributed by atoms with Crippen LogP contribution in [0.4, 0.5) is 0 Å². The van der Waals surface area contributed by atoms with Gasteiger partial charge in [0.05, 0.1) is 0 Å². The minimum atomic E-state index is -0.0885. The average Bonchev–Trinajstić information content (AvgIpc) is 3.05. The molecular formula is C29H44O3. The molecule has 178 valence electrons. The van der Waals surface area contributed by atoms with Crippen molar-refractivity contribution in [2.75, 3.05) is 6.61 Å². The van der Waals surface area contributed by atoms with Crippen molar-refractivity contribution < 1.29 is 15.0 Å². The van der Waals surface area contributed by atoms with Gasteiger partial charge in [-0.15, -0.1) is 0 Å². The van der Waals surface area contributed by atoms with E-state index in [0.717, 1.165) is 44.9 Å². The molecule has 0 spiro atoms. The van der Waals surface area contributed by atoms with Crippen molar-refractivity contribution in [2.24, 2.45) is 23.2 Å². The molecule has 0 aliphatic heterocycles. The van der Waals surface area contributed by atoms with E-state index in [-0.39, 0.29) is 5.41 Å². The van der Waals surface area contributed by atoms with Crippen LogP contribution in [0.5, 0.6) is 5.75 Å². The lowest BCUT2D eigenvalue weighted by molar-refractivity contribution is -0.132. The SMILES string of the molecule is C[C@]12CC[C@@H]3c4ccc(O)cc4CC[C@H]3[C@@H]1CC(CCCCCCCCCCCO)C2=O. The molecular weight excluding hydrogens is 396 g/mol. The Balaban J connectivity index is 1.25. The molecule has 3 aliphatic rings. The number of ketones is 1. The maximum atomic E-state index is 13.5. The number of fused-ring (bicyclic) bond motifs is 5.